The number of oxime groups is 1. The van der Waals surface area contributed by atoms with E-state index in [1.54, 1.807) is 11.4 Å². The van der Waals surface area contributed by atoms with E-state index in [1.807, 2.05) is 20.8 Å². The predicted octanol–water partition coefficient (Wildman–Crippen LogP) is 4.51. The maximum atomic E-state index is 12.4. The van der Waals surface area contributed by atoms with Gasteiger partial charge in [0, 0.05) is 18.6 Å². The van der Waals surface area contributed by atoms with Crippen molar-refractivity contribution in [3.8, 4) is 0 Å². The molecule has 0 aromatic rings. The van der Waals surface area contributed by atoms with Gasteiger partial charge in [0.15, 0.2) is 5.04 Å². The Kier molecular flexibility index (Phi) is 8.08. The molecule has 0 fully saturated rings. The number of unbranched alkanes of at least 4 members (excludes halogenated alkanes) is 2. The number of hydrogen-bond donors (Lipinski definition) is 1. The van der Waals surface area contributed by atoms with Gasteiger partial charge in [0.2, 0.25) is 0 Å². The molecule has 1 aliphatic rings. The summed E-state index contributed by atoms with van der Waals surface area (Å²) in [6.45, 7) is 10.1. The van der Waals surface area contributed by atoms with Crippen LogP contribution in [0.1, 0.15) is 60.3 Å². The Hall–Kier alpha value is -0.730. The first-order valence-corrected chi connectivity index (χ1v) is 11.3. The van der Waals surface area contributed by atoms with Crippen molar-refractivity contribution in [3.63, 3.8) is 0 Å². The summed E-state index contributed by atoms with van der Waals surface area (Å²) < 4.78 is 1.58. The van der Waals surface area contributed by atoms with Crippen molar-refractivity contribution in [2.75, 3.05) is 18.6 Å². The second-order valence-corrected chi connectivity index (χ2v) is 11.3. The van der Waals surface area contributed by atoms with Crippen LogP contribution in [0.15, 0.2) is 10.1 Å². The third kappa shape index (κ3) is 5.97. The number of hydrogen-bond acceptors (Lipinski definition) is 6. The van der Waals surface area contributed by atoms with Crippen molar-refractivity contribution >= 4 is 39.0 Å². The zero-order valence-corrected chi connectivity index (χ0v) is 17.4. The van der Waals surface area contributed by atoms with Crippen LogP contribution >= 0.6 is 22.2 Å². The molecule has 0 bridgehead atoms. The van der Waals surface area contributed by atoms with Gasteiger partial charge in [0.1, 0.15) is 4.87 Å². The van der Waals surface area contributed by atoms with Gasteiger partial charge in [-0.1, -0.05) is 43.6 Å². The number of thioether (sulfide) groups is 1. The molecule has 0 aliphatic carbocycles. The predicted molar refractivity (Wildman–Crippen MR) is 108 cm³/mol. The number of aliphatic imine (C=N–C) groups is 1. The second kappa shape index (κ2) is 9.10. The van der Waals surface area contributed by atoms with Gasteiger partial charge in [0.05, 0.1) is 5.71 Å². The van der Waals surface area contributed by atoms with E-state index in [-0.39, 0.29) is 4.87 Å². The van der Waals surface area contributed by atoms with E-state index in [4.69, 9.17) is 9.98 Å². The van der Waals surface area contributed by atoms with Crippen molar-refractivity contribution in [2.45, 2.75) is 65.2 Å². The van der Waals surface area contributed by atoms with Gasteiger partial charge in [-0.25, -0.2) is 4.79 Å². The smallest absolute Gasteiger partial charge is 0.296 e. The second-order valence-electron chi connectivity index (χ2n) is 6.51. The summed E-state index contributed by atoms with van der Waals surface area (Å²) in [4.78, 5) is 21.8. The van der Waals surface area contributed by atoms with Gasteiger partial charge < -0.3 is 0 Å². The minimum atomic E-state index is -1.67. The van der Waals surface area contributed by atoms with E-state index in [0.717, 1.165) is 42.9 Å². The van der Waals surface area contributed by atoms with Crippen molar-refractivity contribution in [2.24, 2.45) is 15.3 Å². The number of carbonyl (C=O) groups excluding carboxylic acids is 1. The minimum absolute atomic E-state index is 0.258. The summed E-state index contributed by atoms with van der Waals surface area (Å²) in [6.07, 6.45) is 3.66. The van der Waals surface area contributed by atoms with Gasteiger partial charge in [0.25, 0.3) is 0 Å². The number of nitrogens with zero attached hydrogens (tertiary/aromatic N) is 3. The van der Waals surface area contributed by atoms with Gasteiger partial charge in [-0.3, -0.25) is 19.3 Å². The lowest BCUT2D eigenvalue weighted by atomic mass is 10.4. The zero-order chi connectivity index (χ0) is 18.4. The molecule has 2 N–H and O–H groups in total. The summed E-state index contributed by atoms with van der Waals surface area (Å²) in [5.41, 5.74) is 0.795. The Morgan fingerprint density at radius 3 is 2.29 bits per heavy atom. The lowest BCUT2D eigenvalue weighted by molar-refractivity contribution is 0.136. The molecule has 0 saturated carbocycles. The van der Waals surface area contributed by atoms with Crippen molar-refractivity contribution in [1.82, 2.24) is 4.31 Å². The zero-order valence-electron chi connectivity index (χ0n) is 15.8. The van der Waals surface area contributed by atoms with Crippen molar-refractivity contribution in [1.29, 1.82) is 0 Å². The third-order valence-corrected chi connectivity index (χ3v) is 8.19. The van der Waals surface area contributed by atoms with E-state index >= 15 is 0 Å². The van der Waals surface area contributed by atoms with Gasteiger partial charge in [-0.05, 0) is 33.6 Å². The summed E-state index contributed by atoms with van der Waals surface area (Å²) in [6, 6.07) is 0. The molecular weight excluding hydrogens is 344 g/mol. The van der Waals surface area contributed by atoms with Crippen LogP contribution in [0.25, 0.3) is 0 Å². The monoisotopic (exact) mass is 376 g/mol. The Bertz CT molecular complexity index is 498. The molecule has 0 radical (unpaired) electrons. The molecule has 0 unspecified atom stereocenters. The number of amides is 1. The molecule has 1 heterocycles. The first-order chi connectivity index (χ1) is 11.1. The minimum Gasteiger partial charge on any atom is -0.296 e. The highest BCUT2D eigenvalue weighted by molar-refractivity contribution is 8.30. The summed E-state index contributed by atoms with van der Waals surface area (Å²) in [5.74, 6) is 1.68. The Morgan fingerprint density at radius 1 is 1.33 bits per heavy atom. The van der Waals surface area contributed by atoms with Crippen LogP contribution in [0, 0.1) is 0 Å². The molecule has 0 spiro atoms. The highest BCUT2D eigenvalue weighted by Gasteiger charge is 2.31. The Labute approximate surface area is 152 Å². The summed E-state index contributed by atoms with van der Waals surface area (Å²) in [5, 5.41) is 11.3. The lowest BCUT2D eigenvalue weighted by Gasteiger charge is -2.42. The summed E-state index contributed by atoms with van der Waals surface area (Å²) in [7, 11) is 0.0611. The van der Waals surface area contributed by atoms with E-state index in [1.165, 1.54) is 11.8 Å². The molecule has 0 aromatic heterocycles. The molecule has 140 valence electrons. The fourth-order valence-electron chi connectivity index (χ4n) is 2.32. The van der Waals surface area contributed by atoms with Crippen LogP contribution < -0.4 is 5.14 Å². The van der Waals surface area contributed by atoms with Crippen LogP contribution in [0.3, 0.4) is 0 Å². The number of rotatable bonds is 8. The van der Waals surface area contributed by atoms with Crippen LogP contribution in [0.2, 0.25) is 0 Å². The molecule has 0 aromatic carbocycles. The molecule has 0 atom stereocenters. The van der Waals surface area contributed by atoms with Gasteiger partial charge >= 0.3 is 6.09 Å². The molecule has 6 nitrogen and oxygen atoms in total. The standard InChI is InChI=1S/C16H32N4O2S2/c1-7-9-11-24(17,12-10-8-2)20(6)15(21)22-19-14-13(3)18-16(4,5)23-14/h7-12,17H2,1-6H3. The number of carbonyl (C=O) groups is 1. The molecular formula is C16H32N4O2S2. The largest absolute Gasteiger partial charge is 0.445 e. The maximum absolute atomic E-state index is 12.4. The lowest BCUT2D eigenvalue weighted by Crippen LogP contribution is -2.38. The van der Waals surface area contributed by atoms with Crippen molar-refractivity contribution < 1.29 is 9.63 Å². The van der Waals surface area contributed by atoms with E-state index < -0.39 is 16.5 Å². The first-order valence-electron chi connectivity index (χ1n) is 8.50. The quantitative estimate of drug-likeness (QED) is 0.499. The average Bonchev–Trinajstić information content (AvgIpc) is 2.79. The first kappa shape index (κ1) is 21.3. The SMILES string of the molecule is CCCCS(N)(CCCC)N(C)C(=O)ON=C1SC(C)(C)N=C1C. The normalized spacial score (nSPS) is 19.3. The summed E-state index contributed by atoms with van der Waals surface area (Å²) >= 11 is 1.49. The molecule has 1 amide bonds. The van der Waals surface area contributed by atoms with E-state index in [2.05, 4.69) is 24.0 Å². The van der Waals surface area contributed by atoms with Crippen LogP contribution in [0.4, 0.5) is 4.79 Å². The number of nitrogens with two attached hydrogens (primary N) is 1. The third-order valence-electron chi connectivity index (χ3n) is 3.80. The molecule has 8 heteroatoms. The highest BCUT2D eigenvalue weighted by atomic mass is 32.3. The molecule has 1 aliphatic heterocycles. The molecule has 1 rings (SSSR count). The van der Waals surface area contributed by atoms with Crippen LogP contribution in [0.5, 0.6) is 0 Å². The van der Waals surface area contributed by atoms with Crippen molar-refractivity contribution in [3.05, 3.63) is 0 Å². The Balaban J connectivity index is 2.75. The van der Waals surface area contributed by atoms with Gasteiger partial charge in [-0.2, -0.15) is 0 Å². The van der Waals surface area contributed by atoms with E-state index in [9.17, 15) is 4.79 Å². The highest BCUT2D eigenvalue weighted by Crippen LogP contribution is 2.45. The van der Waals surface area contributed by atoms with Crippen LogP contribution in [-0.2, 0) is 4.84 Å². The van der Waals surface area contributed by atoms with Crippen LogP contribution in [-0.4, -0.2) is 44.6 Å². The van der Waals surface area contributed by atoms with Gasteiger partial charge in [-0.15, -0.1) is 10.4 Å². The fourth-order valence-corrected chi connectivity index (χ4v) is 5.90. The average molecular weight is 377 g/mol. The fraction of sp³-hybridized carbons (Fsp3) is 0.812. The molecule has 0 saturated heterocycles. The maximum Gasteiger partial charge on any atom is 0.445 e. The topological polar surface area (TPSA) is 80.3 Å². The van der Waals surface area contributed by atoms with E-state index in [0.29, 0.717) is 5.04 Å². The Morgan fingerprint density at radius 2 is 1.88 bits per heavy atom. The molecule has 24 heavy (non-hydrogen) atoms.